The van der Waals surface area contributed by atoms with Gasteiger partial charge in [-0.2, -0.15) is 0 Å². The highest BCUT2D eigenvalue weighted by atomic mass is 16.5. The van der Waals surface area contributed by atoms with Crippen LogP contribution in [0, 0.1) is 6.92 Å². The average molecular weight is 307 g/mol. The van der Waals surface area contributed by atoms with E-state index >= 15 is 0 Å². The van der Waals surface area contributed by atoms with Gasteiger partial charge in [0.05, 0.1) is 26.4 Å². The summed E-state index contributed by atoms with van der Waals surface area (Å²) in [6.45, 7) is 8.38. The average Bonchev–Trinajstić information content (AvgIpc) is 2.51. The fourth-order valence-electron chi connectivity index (χ4n) is 2.05. The van der Waals surface area contributed by atoms with Gasteiger partial charge in [0.25, 0.3) is 0 Å². The summed E-state index contributed by atoms with van der Waals surface area (Å²) in [5.41, 5.74) is 2.61. The number of rotatable bonds is 9. The number of hydrogen-bond acceptors (Lipinski definition) is 3. The summed E-state index contributed by atoms with van der Waals surface area (Å²) >= 11 is 0. The fourth-order valence-corrected chi connectivity index (χ4v) is 2.05. The zero-order chi connectivity index (χ0) is 16.2. The van der Waals surface area contributed by atoms with Crippen molar-refractivity contribution in [1.29, 1.82) is 0 Å². The number of methoxy groups -OCH3 is 1. The Morgan fingerprint density at radius 3 is 2.68 bits per heavy atom. The highest BCUT2D eigenvalue weighted by Crippen LogP contribution is 2.09. The molecule has 0 atom stereocenters. The summed E-state index contributed by atoms with van der Waals surface area (Å²) in [6, 6.07) is 8.43. The van der Waals surface area contributed by atoms with E-state index in [1.807, 2.05) is 0 Å². The van der Waals surface area contributed by atoms with Crippen molar-refractivity contribution >= 4 is 5.96 Å². The van der Waals surface area contributed by atoms with Gasteiger partial charge in [-0.1, -0.05) is 24.3 Å². The molecule has 1 rings (SSSR count). The fraction of sp³-hybridized carbons (Fsp3) is 0.588. The third-order valence-electron chi connectivity index (χ3n) is 3.29. The lowest BCUT2D eigenvalue weighted by Gasteiger charge is -2.23. The first-order valence-electron chi connectivity index (χ1n) is 7.79. The molecule has 124 valence electrons. The molecule has 0 radical (unpaired) electrons. The Morgan fingerprint density at radius 1 is 1.23 bits per heavy atom. The van der Waals surface area contributed by atoms with Gasteiger partial charge in [-0.25, -0.2) is 0 Å². The molecule has 0 saturated carbocycles. The maximum Gasteiger partial charge on any atom is 0.194 e. The molecule has 0 aromatic heterocycles. The van der Waals surface area contributed by atoms with Crippen LogP contribution >= 0.6 is 0 Å². The van der Waals surface area contributed by atoms with Crippen LogP contribution in [0.15, 0.2) is 29.3 Å². The van der Waals surface area contributed by atoms with E-state index in [1.54, 1.807) is 7.11 Å². The minimum atomic E-state index is 0.608. The second-order valence-corrected chi connectivity index (χ2v) is 5.12. The van der Waals surface area contributed by atoms with Crippen molar-refractivity contribution in [3.8, 4) is 0 Å². The van der Waals surface area contributed by atoms with Gasteiger partial charge in [0.1, 0.15) is 0 Å². The van der Waals surface area contributed by atoms with Gasteiger partial charge in [0.15, 0.2) is 5.96 Å². The molecule has 0 unspecified atom stereocenters. The van der Waals surface area contributed by atoms with E-state index in [1.165, 1.54) is 11.1 Å². The summed E-state index contributed by atoms with van der Waals surface area (Å²) in [5.74, 6) is 0.904. The number of ether oxygens (including phenoxy) is 2. The molecule has 0 bridgehead atoms. The first kappa shape index (κ1) is 18.5. The first-order valence-corrected chi connectivity index (χ1v) is 7.79. The van der Waals surface area contributed by atoms with Crippen molar-refractivity contribution in [2.24, 2.45) is 4.99 Å². The zero-order valence-electron chi connectivity index (χ0n) is 14.3. The largest absolute Gasteiger partial charge is 0.382 e. The van der Waals surface area contributed by atoms with E-state index in [4.69, 9.17) is 9.47 Å². The summed E-state index contributed by atoms with van der Waals surface area (Å²) in [4.78, 5) is 6.74. The van der Waals surface area contributed by atoms with E-state index < -0.39 is 0 Å². The molecule has 0 aliphatic rings. The van der Waals surface area contributed by atoms with Crippen molar-refractivity contribution in [2.75, 3.05) is 47.1 Å². The van der Waals surface area contributed by atoms with Gasteiger partial charge in [0.2, 0.25) is 0 Å². The lowest BCUT2D eigenvalue weighted by molar-refractivity contribution is 0.0747. The molecule has 0 heterocycles. The normalized spacial score (nSPS) is 11.5. The van der Waals surface area contributed by atoms with Crippen LogP contribution in [0.3, 0.4) is 0 Å². The maximum absolute atomic E-state index is 5.44. The summed E-state index contributed by atoms with van der Waals surface area (Å²) in [5, 5.41) is 3.32. The molecule has 0 fully saturated rings. The topological polar surface area (TPSA) is 46.1 Å². The van der Waals surface area contributed by atoms with Gasteiger partial charge in [-0.05, 0) is 25.0 Å². The number of guanidine groups is 1. The molecular formula is C17H29N3O2. The molecule has 0 aliphatic heterocycles. The predicted octanol–water partition coefficient (Wildman–Crippen LogP) is 2.06. The van der Waals surface area contributed by atoms with Crippen LogP contribution in [0.2, 0.25) is 0 Å². The Balaban J connectivity index is 2.51. The first-order chi connectivity index (χ1) is 10.7. The third kappa shape index (κ3) is 6.91. The third-order valence-corrected chi connectivity index (χ3v) is 3.29. The Morgan fingerprint density at radius 2 is 2.00 bits per heavy atom. The second kappa shape index (κ2) is 11.0. The lowest BCUT2D eigenvalue weighted by atomic mass is 10.1. The van der Waals surface area contributed by atoms with Gasteiger partial charge < -0.3 is 19.7 Å². The molecule has 22 heavy (non-hydrogen) atoms. The van der Waals surface area contributed by atoms with E-state index in [2.05, 4.69) is 60.4 Å². The molecule has 0 amide bonds. The maximum atomic E-state index is 5.44. The number of nitrogens with zero attached hydrogens (tertiary/aromatic N) is 2. The Labute approximate surface area is 134 Å². The number of benzene rings is 1. The van der Waals surface area contributed by atoms with Gasteiger partial charge in [-0.15, -0.1) is 0 Å². The van der Waals surface area contributed by atoms with Crippen molar-refractivity contribution in [3.05, 3.63) is 35.4 Å². The number of nitrogens with one attached hydrogen (secondary N) is 1. The molecule has 0 saturated heterocycles. The van der Waals surface area contributed by atoms with Crippen LogP contribution in [0.4, 0.5) is 0 Å². The molecule has 1 N–H and O–H groups in total. The molecule has 0 aliphatic carbocycles. The SMILES string of the molecule is CCNC(=NCCOCCOC)N(C)Cc1ccccc1C. The predicted molar refractivity (Wildman–Crippen MR) is 91.3 cm³/mol. The van der Waals surface area contributed by atoms with Crippen LogP contribution in [0.25, 0.3) is 0 Å². The Hall–Kier alpha value is -1.59. The Bertz CT molecular complexity index is 449. The van der Waals surface area contributed by atoms with Gasteiger partial charge >= 0.3 is 0 Å². The zero-order valence-corrected chi connectivity index (χ0v) is 14.3. The lowest BCUT2D eigenvalue weighted by Crippen LogP contribution is -2.38. The summed E-state index contributed by atoms with van der Waals surface area (Å²) < 4.78 is 10.4. The van der Waals surface area contributed by atoms with E-state index in [0.717, 1.165) is 19.0 Å². The molecular weight excluding hydrogens is 278 g/mol. The molecule has 0 spiro atoms. The van der Waals surface area contributed by atoms with Crippen molar-refractivity contribution in [2.45, 2.75) is 20.4 Å². The van der Waals surface area contributed by atoms with E-state index in [-0.39, 0.29) is 0 Å². The smallest absolute Gasteiger partial charge is 0.194 e. The van der Waals surface area contributed by atoms with Crippen LogP contribution in [-0.4, -0.2) is 57.9 Å². The standard InChI is InChI=1S/C17H29N3O2/c1-5-18-17(19-10-11-22-13-12-21-4)20(3)14-16-9-7-6-8-15(16)2/h6-9H,5,10-14H2,1-4H3,(H,18,19). The molecule has 1 aromatic rings. The summed E-state index contributed by atoms with van der Waals surface area (Å²) in [6.07, 6.45) is 0. The minimum Gasteiger partial charge on any atom is -0.382 e. The van der Waals surface area contributed by atoms with Gasteiger partial charge in [-0.3, -0.25) is 4.99 Å². The second-order valence-electron chi connectivity index (χ2n) is 5.12. The van der Waals surface area contributed by atoms with Gasteiger partial charge in [0, 0.05) is 27.2 Å². The van der Waals surface area contributed by atoms with E-state index in [0.29, 0.717) is 26.4 Å². The molecule has 5 nitrogen and oxygen atoms in total. The molecule has 5 heteroatoms. The Kier molecular flexibility index (Phi) is 9.26. The minimum absolute atomic E-state index is 0.608. The number of aryl methyl sites for hydroxylation is 1. The highest BCUT2D eigenvalue weighted by Gasteiger charge is 2.07. The monoisotopic (exact) mass is 307 g/mol. The van der Waals surface area contributed by atoms with Crippen LogP contribution in [0.1, 0.15) is 18.1 Å². The number of aliphatic imine (C=N–C) groups is 1. The van der Waals surface area contributed by atoms with Crippen molar-refractivity contribution in [3.63, 3.8) is 0 Å². The highest BCUT2D eigenvalue weighted by molar-refractivity contribution is 5.79. The van der Waals surface area contributed by atoms with Crippen molar-refractivity contribution in [1.82, 2.24) is 10.2 Å². The van der Waals surface area contributed by atoms with Crippen LogP contribution < -0.4 is 5.32 Å². The summed E-state index contributed by atoms with van der Waals surface area (Å²) in [7, 11) is 3.73. The van der Waals surface area contributed by atoms with E-state index in [9.17, 15) is 0 Å². The van der Waals surface area contributed by atoms with Crippen LogP contribution in [0.5, 0.6) is 0 Å². The number of hydrogen-bond donors (Lipinski definition) is 1. The quantitative estimate of drug-likeness (QED) is 0.431. The molecule has 1 aromatic carbocycles. The van der Waals surface area contributed by atoms with Crippen LogP contribution in [-0.2, 0) is 16.0 Å². The van der Waals surface area contributed by atoms with Crippen molar-refractivity contribution < 1.29 is 9.47 Å².